The topological polar surface area (TPSA) is 30.5 Å². The molecule has 0 bridgehead atoms. The van der Waals surface area contributed by atoms with Crippen molar-refractivity contribution in [2.75, 3.05) is 26.9 Å². The quantitative estimate of drug-likeness (QED) is 0.834. The molecule has 0 aromatic rings. The van der Waals surface area contributed by atoms with Gasteiger partial charge in [0.1, 0.15) is 0 Å². The molecule has 3 nitrogen and oxygen atoms in total. The van der Waals surface area contributed by atoms with E-state index in [0.29, 0.717) is 6.04 Å². The fourth-order valence-electron chi connectivity index (χ4n) is 4.00. The van der Waals surface area contributed by atoms with Crippen LogP contribution < -0.4 is 5.32 Å². The van der Waals surface area contributed by atoms with Crippen LogP contribution in [0.15, 0.2) is 0 Å². The van der Waals surface area contributed by atoms with E-state index in [2.05, 4.69) is 12.4 Å². The van der Waals surface area contributed by atoms with E-state index in [1.807, 2.05) is 0 Å². The first kappa shape index (κ1) is 12.9. The summed E-state index contributed by atoms with van der Waals surface area (Å²) in [5, 5.41) is 3.57. The molecule has 3 heteroatoms. The third kappa shape index (κ3) is 2.59. The lowest BCUT2D eigenvalue weighted by molar-refractivity contribution is -0.147. The van der Waals surface area contributed by atoms with Gasteiger partial charge in [0.15, 0.2) is 0 Å². The third-order valence-corrected chi connectivity index (χ3v) is 5.35. The summed E-state index contributed by atoms with van der Waals surface area (Å²) >= 11 is 0. The van der Waals surface area contributed by atoms with Crippen LogP contribution in [0.1, 0.15) is 44.9 Å². The van der Waals surface area contributed by atoms with Crippen LogP contribution in [0.25, 0.3) is 0 Å². The molecular weight excluding hydrogens is 226 g/mol. The van der Waals surface area contributed by atoms with Crippen LogP contribution in [0.5, 0.6) is 0 Å². The van der Waals surface area contributed by atoms with Crippen molar-refractivity contribution in [3.05, 3.63) is 0 Å². The molecule has 3 fully saturated rings. The maximum atomic E-state index is 6.04. The van der Waals surface area contributed by atoms with Crippen molar-refractivity contribution in [2.24, 2.45) is 11.8 Å². The molecule has 0 aromatic heterocycles. The second-order valence-corrected chi connectivity index (χ2v) is 6.50. The van der Waals surface area contributed by atoms with Gasteiger partial charge in [0.2, 0.25) is 0 Å². The van der Waals surface area contributed by atoms with Crippen LogP contribution in [-0.2, 0) is 9.47 Å². The van der Waals surface area contributed by atoms with Gasteiger partial charge >= 0.3 is 0 Å². The van der Waals surface area contributed by atoms with Crippen LogP contribution in [-0.4, -0.2) is 38.5 Å². The van der Waals surface area contributed by atoms with Gasteiger partial charge in [-0.05, 0) is 63.8 Å². The summed E-state index contributed by atoms with van der Waals surface area (Å²) < 4.78 is 11.6. The summed E-state index contributed by atoms with van der Waals surface area (Å²) in [4.78, 5) is 0. The first-order valence-electron chi connectivity index (χ1n) is 7.70. The molecule has 2 heterocycles. The number of nitrogens with one attached hydrogen (secondary N) is 1. The largest absolute Gasteiger partial charge is 0.381 e. The minimum Gasteiger partial charge on any atom is -0.381 e. The van der Waals surface area contributed by atoms with Crippen molar-refractivity contribution in [3.63, 3.8) is 0 Å². The van der Waals surface area contributed by atoms with Crippen LogP contribution >= 0.6 is 0 Å². The van der Waals surface area contributed by atoms with Gasteiger partial charge in [-0.3, -0.25) is 0 Å². The Bertz CT molecular complexity index is 272. The fraction of sp³-hybridized carbons (Fsp3) is 1.00. The molecule has 1 spiro atoms. The second kappa shape index (κ2) is 5.48. The lowest BCUT2D eigenvalue weighted by Gasteiger charge is -2.49. The molecular formula is C15H27NO2. The Balaban J connectivity index is 1.56. The molecule has 1 aliphatic carbocycles. The first-order valence-corrected chi connectivity index (χ1v) is 7.70. The lowest BCUT2D eigenvalue weighted by atomic mass is 9.69. The molecule has 3 rings (SSSR count). The zero-order valence-electron chi connectivity index (χ0n) is 11.6. The summed E-state index contributed by atoms with van der Waals surface area (Å²) in [6.07, 6.45) is 9.03. The Morgan fingerprint density at radius 3 is 2.78 bits per heavy atom. The molecule has 3 aliphatic rings. The van der Waals surface area contributed by atoms with Crippen molar-refractivity contribution in [1.29, 1.82) is 0 Å². The predicted octanol–water partition coefficient (Wildman–Crippen LogP) is 2.35. The zero-order chi connectivity index (χ0) is 12.4. The highest BCUT2D eigenvalue weighted by atomic mass is 16.5. The molecule has 0 amide bonds. The first-order chi connectivity index (χ1) is 8.81. The minimum absolute atomic E-state index is 0.282. The molecule has 1 saturated carbocycles. The maximum absolute atomic E-state index is 6.04. The van der Waals surface area contributed by atoms with E-state index >= 15 is 0 Å². The number of hydrogen-bond acceptors (Lipinski definition) is 3. The second-order valence-electron chi connectivity index (χ2n) is 6.50. The molecule has 2 saturated heterocycles. The van der Waals surface area contributed by atoms with Crippen LogP contribution in [0, 0.1) is 11.8 Å². The van der Waals surface area contributed by atoms with Crippen molar-refractivity contribution in [1.82, 2.24) is 5.32 Å². The summed E-state index contributed by atoms with van der Waals surface area (Å²) in [6, 6.07) is 0.665. The molecule has 3 atom stereocenters. The highest BCUT2D eigenvalue weighted by molar-refractivity contribution is 4.96. The van der Waals surface area contributed by atoms with E-state index in [-0.39, 0.29) is 5.60 Å². The van der Waals surface area contributed by atoms with Gasteiger partial charge in [-0.1, -0.05) is 0 Å². The average molecular weight is 253 g/mol. The summed E-state index contributed by atoms with van der Waals surface area (Å²) in [5.41, 5.74) is 0.282. The summed E-state index contributed by atoms with van der Waals surface area (Å²) in [7, 11) is 2.13. The lowest BCUT2D eigenvalue weighted by Crippen LogP contribution is -2.50. The predicted molar refractivity (Wildman–Crippen MR) is 71.6 cm³/mol. The number of hydrogen-bond donors (Lipinski definition) is 1. The van der Waals surface area contributed by atoms with E-state index in [4.69, 9.17) is 9.47 Å². The van der Waals surface area contributed by atoms with E-state index < -0.39 is 0 Å². The Labute approximate surface area is 111 Å². The Hall–Kier alpha value is -0.120. The van der Waals surface area contributed by atoms with E-state index in [1.54, 1.807) is 0 Å². The van der Waals surface area contributed by atoms with Crippen LogP contribution in [0.3, 0.4) is 0 Å². The Morgan fingerprint density at radius 1 is 1.28 bits per heavy atom. The van der Waals surface area contributed by atoms with Crippen molar-refractivity contribution in [2.45, 2.75) is 56.6 Å². The fourth-order valence-corrected chi connectivity index (χ4v) is 4.00. The van der Waals surface area contributed by atoms with Crippen molar-refractivity contribution >= 4 is 0 Å². The Kier molecular flexibility index (Phi) is 3.92. The van der Waals surface area contributed by atoms with Crippen molar-refractivity contribution in [3.8, 4) is 0 Å². The number of rotatable bonds is 4. The van der Waals surface area contributed by atoms with Crippen LogP contribution in [0.4, 0.5) is 0 Å². The number of ether oxygens (including phenoxy) is 2. The van der Waals surface area contributed by atoms with Gasteiger partial charge in [-0.25, -0.2) is 0 Å². The smallest absolute Gasteiger partial charge is 0.0685 e. The molecule has 104 valence electrons. The zero-order valence-corrected chi connectivity index (χ0v) is 11.6. The highest BCUT2D eigenvalue weighted by Crippen LogP contribution is 2.45. The SMILES string of the molecule is CNC(CC1CCOC1)C1CCOC2(CCC2)C1. The molecule has 0 aromatic carbocycles. The summed E-state index contributed by atoms with van der Waals surface area (Å²) in [6.45, 7) is 2.93. The summed E-state index contributed by atoms with van der Waals surface area (Å²) in [5.74, 6) is 1.59. The van der Waals surface area contributed by atoms with Crippen LogP contribution in [0.2, 0.25) is 0 Å². The van der Waals surface area contributed by atoms with Gasteiger partial charge in [-0.15, -0.1) is 0 Å². The molecule has 0 radical (unpaired) electrons. The molecule has 18 heavy (non-hydrogen) atoms. The van der Waals surface area contributed by atoms with E-state index in [1.165, 1.54) is 44.9 Å². The average Bonchev–Trinajstić information content (AvgIpc) is 2.87. The van der Waals surface area contributed by atoms with Gasteiger partial charge < -0.3 is 14.8 Å². The standard InChI is InChI=1S/C15H27NO2/c1-16-14(9-12-3-7-17-11-12)13-4-8-18-15(10-13)5-2-6-15/h12-14,16H,2-11H2,1H3. The molecule has 1 N–H and O–H groups in total. The molecule has 3 unspecified atom stereocenters. The van der Waals surface area contributed by atoms with Gasteiger partial charge in [-0.2, -0.15) is 0 Å². The van der Waals surface area contributed by atoms with Gasteiger partial charge in [0, 0.05) is 25.9 Å². The maximum Gasteiger partial charge on any atom is 0.0685 e. The normalized spacial score (nSPS) is 36.5. The highest BCUT2D eigenvalue weighted by Gasteiger charge is 2.44. The minimum atomic E-state index is 0.282. The third-order valence-electron chi connectivity index (χ3n) is 5.35. The monoisotopic (exact) mass is 253 g/mol. The van der Waals surface area contributed by atoms with Gasteiger partial charge in [0.05, 0.1) is 5.60 Å². The van der Waals surface area contributed by atoms with E-state index in [9.17, 15) is 0 Å². The van der Waals surface area contributed by atoms with Gasteiger partial charge in [0.25, 0.3) is 0 Å². The van der Waals surface area contributed by atoms with E-state index in [0.717, 1.165) is 31.7 Å². The molecule has 2 aliphatic heterocycles. The van der Waals surface area contributed by atoms with Crippen molar-refractivity contribution < 1.29 is 9.47 Å². The Morgan fingerprint density at radius 2 is 2.17 bits per heavy atom.